The predicted molar refractivity (Wildman–Crippen MR) is 79.3 cm³/mol. The molecule has 0 bridgehead atoms. The van der Waals surface area contributed by atoms with Gasteiger partial charge in [0.2, 0.25) is 0 Å². The minimum atomic E-state index is -0.694. The average Bonchev–Trinajstić information content (AvgIpc) is 3.02. The third-order valence-electron chi connectivity index (χ3n) is 3.58. The first-order chi connectivity index (χ1) is 9.56. The summed E-state index contributed by atoms with van der Waals surface area (Å²) in [5.74, 6) is 0.862. The van der Waals surface area contributed by atoms with Gasteiger partial charge in [-0.05, 0) is 0 Å². The summed E-state index contributed by atoms with van der Waals surface area (Å²) >= 11 is 1.59. The van der Waals surface area contributed by atoms with Crippen LogP contribution in [0, 0.1) is 0 Å². The quantitative estimate of drug-likeness (QED) is 0.763. The van der Waals surface area contributed by atoms with Crippen molar-refractivity contribution < 1.29 is 10.2 Å². The molecule has 0 spiro atoms. The van der Waals surface area contributed by atoms with Gasteiger partial charge in [0, 0.05) is 37.3 Å². The van der Waals surface area contributed by atoms with Crippen molar-refractivity contribution in [3.8, 4) is 0 Å². The maximum Gasteiger partial charge on any atom is 0.195 e. The van der Waals surface area contributed by atoms with Crippen molar-refractivity contribution in [2.75, 3.05) is 18.0 Å². The number of thiazole rings is 1. The van der Waals surface area contributed by atoms with Crippen LogP contribution >= 0.6 is 11.3 Å². The van der Waals surface area contributed by atoms with Crippen molar-refractivity contribution in [2.45, 2.75) is 38.6 Å². The number of anilines is 1. The van der Waals surface area contributed by atoms with E-state index in [0.29, 0.717) is 25.7 Å². The molecule has 0 radical (unpaired) electrons. The minimum absolute atomic E-state index is 0.391. The number of hydrogen-bond acceptors (Lipinski definition) is 6. The van der Waals surface area contributed by atoms with Crippen LogP contribution in [-0.2, 0) is 6.54 Å². The van der Waals surface area contributed by atoms with Crippen molar-refractivity contribution >= 4 is 22.1 Å². The van der Waals surface area contributed by atoms with Crippen LogP contribution in [0.3, 0.4) is 0 Å². The molecule has 0 saturated carbocycles. The Morgan fingerprint density at radius 3 is 2.75 bits per heavy atom. The zero-order chi connectivity index (χ0) is 14.3. The van der Waals surface area contributed by atoms with Gasteiger partial charge in [-0.25, -0.2) is 4.98 Å². The highest BCUT2D eigenvalue weighted by Crippen LogP contribution is 2.27. The van der Waals surface area contributed by atoms with Crippen LogP contribution in [0.1, 0.15) is 19.5 Å². The number of aromatic nitrogens is 2. The summed E-state index contributed by atoms with van der Waals surface area (Å²) in [7, 11) is 0. The molecule has 7 heteroatoms. The fourth-order valence-electron chi connectivity index (χ4n) is 2.48. The minimum Gasteiger partial charge on any atom is -0.389 e. The van der Waals surface area contributed by atoms with E-state index in [1.807, 2.05) is 16.5 Å². The van der Waals surface area contributed by atoms with Gasteiger partial charge in [0.25, 0.3) is 0 Å². The van der Waals surface area contributed by atoms with Gasteiger partial charge in [-0.1, -0.05) is 13.8 Å². The van der Waals surface area contributed by atoms with E-state index in [1.54, 1.807) is 11.3 Å². The van der Waals surface area contributed by atoms with Crippen molar-refractivity contribution in [1.82, 2.24) is 14.7 Å². The Morgan fingerprint density at radius 1 is 1.40 bits per heavy atom. The van der Waals surface area contributed by atoms with Crippen LogP contribution in [0.25, 0.3) is 4.96 Å². The molecule has 3 heterocycles. The molecular formula is C13H20N4O2S. The Kier molecular flexibility index (Phi) is 3.68. The van der Waals surface area contributed by atoms with Gasteiger partial charge in [-0.15, -0.1) is 11.3 Å². The molecule has 20 heavy (non-hydrogen) atoms. The molecule has 0 aliphatic carbocycles. The SMILES string of the molecule is CC(C)NCc1c(N2CC(O)C(O)C2)nc2sccn12. The van der Waals surface area contributed by atoms with Crippen LogP contribution in [0.2, 0.25) is 0 Å². The molecule has 1 fully saturated rings. The van der Waals surface area contributed by atoms with Gasteiger partial charge in [0.15, 0.2) is 10.8 Å². The standard InChI is InChI=1S/C13H20N4O2S/c1-8(2)14-5-9-12(15-13-17(9)3-4-20-13)16-6-10(18)11(19)7-16/h3-4,8,10-11,14,18-19H,5-7H2,1-2H3. The van der Waals surface area contributed by atoms with Crippen molar-refractivity contribution in [3.05, 3.63) is 17.3 Å². The molecule has 1 aliphatic rings. The Morgan fingerprint density at radius 2 is 2.10 bits per heavy atom. The second-order valence-electron chi connectivity index (χ2n) is 5.51. The third kappa shape index (κ3) is 2.42. The number of aliphatic hydroxyl groups excluding tert-OH is 2. The lowest BCUT2D eigenvalue weighted by Crippen LogP contribution is -2.27. The molecule has 0 aromatic carbocycles. The second-order valence-corrected chi connectivity index (χ2v) is 6.39. The molecule has 3 N–H and O–H groups in total. The number of rotatable bonds is 4. The molecular weight excluding hydrogens is 276 g/mol. The van der Waals surface area contributed by atoms with Gasteiger partial charge in [-0.3, -0.25) is 4.40 Å². The molecule has 1 saturated heterocycles. The summed E-state index contributed by atoms with van der Waals surface area (Å²) in [6, 6.07) is 0.391. The summed E-state index contributed by atoms with van der Waals surface area (Å²) in [6.07, 6.45) is 0.623. The lowest BCUT2D eigenvalue weighted by Gasteiger charge is -2.17. The monoisotopic (exact) mass is 296 g/mol. The Hall–Kier alpha value is -1.15. The first-order valence-electron chi connectivity index (χ1n) is 6.85. The maximum absolute atomic E-state index is 9.72. The summed E-state index contributed by atoms with van der Waals surface area (Å²) in [6.45, 7) is 5.79. The number of nitrogens with zero attached hydrogens (tertiary/aromatic N) is 3. The van der Waals surface area contributed by atoms with Crippen molar-refractivity contribution in [2.24, 2.45) is 0 Å². The van der Waals surface area contributed by atoms with E-state index >= 15 is 0 Å². The Labute approximate surface area is 121 Å². The number of nitrogens with one attached hydrogen (secondary N) is 1. The zero-order valence-electron chi connectivity index (χ0n) is 11.7. The first kappa shape index (κ1) is 13.8. The van der Waals surface area contributed by atoms with Gasteiger partial charge in [0.05, 0.1) is 17.9 Å². The third-order valence-corrected chi connectivity index (χ3v) is 4.33. The Bertz CT molecular complexity index is 584. The summed E-state index contributed by atoms with van der Waals surface area (Å²) in [5, 5.41) is 24.9. The van der Waals surface area contributed by atoms with Gasteiger partial charge < -0.3 is 20.4 Å². The highest BCUT2D eigenvalue weighted by Gasteiger charge is 2.32. The smallest absolute Gasteiger partial charge is 0.195 e. The van der Waals surface area contributed by atoms with E-state index in [2.05, 4.69) is 28.5 Å². The molecule has 1 aliphatic heterocycles. The Balaban J connectivity index is 1.93. The van der Waals surface area contributed by atoms with Gasteiger partial charge in [0.1, 0.15) is 0 Å². The molecule has 2 atom stereocenters. The molecule has 0 amide bonds. The van der Waals surface area contributed by atoms with Crippen molar-refractivity contribution in [3.63, 3.8) is 0 Å². The highest BCUT2D eigenvalue weighted by atomic mass is 32.1. The summed E-state index contributed by atoms with van der Waals surface area (Å²) in [4.78, 5) is 7.55. The van der Waals surface area contributed by atoms with E-state index in [9.17, 15) is 10.2 Å². The maximum atomic E-state index is 9.72. The van der Waals surface area contributed by atoms with Gasteiger partial charge >= 0.3 is 0 Å². The average molecular weight is 296 g/mol. The molecule has 3 rings (SSSR count). The summed E-state index contributed by atoms with van der Waals surface area (Å²) in [5.41, 5.74) is 1.08. The lowest BCUT2D eigenvalue weighted by molar-refractivity contribution is 0.0572. The van der Waals surface area contributed by atoms with E-state index in [0.717, 1.165) is 16.5 Å². The molecule has 6 nitrogen and oxygen atoms in total. The fraction of sp³-hybridized carbons (Fsp3) is 0.615. The second kappa shape index (κ2) is 5.33. The van der Waals surface area contributed by atoms with Crippen LogP contribution in [-0.4, -0.2) is 50.9 Å². The van der Waals surface area contributed by atoms with Crippen LogP contribution in [0.4, 0.5) is 5.82 Å². The van der Waals surface area contributed by atoms with Gasteiger partial charge in [-0.2, -0.15) is 0 Å². The first-order valence-corrected chi connectivity index (χ1v) is 7.73. The number of hydrogen-bond donors (Lipinski definition) is 3. The largest absolute Gasteiger partial charge is 0.389 e. The molecule has 2 aromatic rings. The number of imidazole rings is 1. The fourth-order valence-corrected chi connectivity index (χ4v) is 3.21. The number of fused-ring (bicyclic) bond motifs is 1. The molecule has 2 aromatic heterocycles. The van der Waals surface area contributed by atoms with Crippen LogP contribution < -0.4 is 10.2 Å². The van der Waals surface area contributed by atoms with Crippen LogP contribution in [0.5, 0.6) is 0 Å². The van der Waals surface area contributed by atoms with E-state index < -0.39 is 12.2 Å². The van der Waals surface area contributed by atoms with E-state index in [1.165, 1.54) is 0 Å². The molecule has 110 valence electrons. The van der Waals surface area contributed by atoms with E-state index in [-0.39, 0.29) is 0 Å². The zero-order valence-corrected chi connectivity index (χ0v) is 12.5. The summed E-state index contributed by atoms with van der Waals surface area (Å²) < 4.78 is 2.08. The normalized spacial score (nSPS) is 23.4. The topological polar surface area (TPSA) is 73.0 Å². The predicted octanol–water partition coefficient (Wildman–Crippen LogP) is 0.436. The van der Waals surface area contributed by atoms with Crippen molar-refractivity contribution in [1.29, 1.82) is 0 Å². The van der Waals surface area contributed by atoms with E-state index in [4.69, 9.17) is 0 Å². The molecule has 2 unspecified atom stereocenters. The van der Waals surface area contributed by atoms with Crippen LogP contribution in [0.15, 0.2) is 11.6 Å². The number of aliphatic hydroxyl groups is 2. The lowest BCUT2D eigenvalue weighted by atomic mass is 10.3. The highest BCUT2D eigenvalue weighted by molar-refractivity contribution is 7.15. The number of β-amino-alcohol motifs (C(OH)–C–C–N with tert-alkyl or cyclic N) is 2.